The molecule has 1 N–H and O–H groups in total. The largest absolute Gasteiger partial charge is 0.448 e. The van der Waals surface area contributed by atoms with E-state index in [1.807, 2.05) is 0 Å². The molecule has 126 valence electrons. The van der Waals surface area contributed by atoms with Gasteiger partial charge in [0.05, 0.1) is 21.3 Å². The van der Waals surface area contributed by atoms with Crippen molar-refractivity contribution in [3.8, 4) is 0 Å². The smallest absolute Gasteiger partial charge is 0.426 e. The van der Waals surface area contributed by atoms with Gasteiger partial charge in [-0.25, -0.2) is 4.79 Å². The third kappa shape index (κ3) is 5.57. The molecule has 13 heteroatoms. The van der Waals surface area contributed by atoms with Gasteiger partial charge in [0, 0.05) is 0 Å². The summed E-state index contributed by atoms with van der Waals surface area (Å²) in [6, 6.07) is 0.990. The predicted molar refractivity (Wildman–Crippen MR) is 87.8 cm³/mol. The van der Waals surface area contributed by atoms with E-state index in [9.17, 15) is 26.4 Å². The lowest BCUT2D eigenvalue weighted by Gasteiger charge is -2.22. The van der Waals surface area contributed by atoms with Gasteiger partial charge in [0.2, 0.25) is 6.10 Å². The van der Waals surface area contributed by atoms with Crippen molar-refractivity contribution < 1.29 is 35.7 Å². The summed E-state index contributed by atoms with van der Waals surface area (Å²) in [6.07, 6.45) is -8.76. The first kappa shape index (κ1) is 21.7. The molecule has 1 rings (SSSR count). The minimum Gasteiger partial charge on any atom is -0.448 e. The summed E-state index contributed by atoms with van der Waals surface area (Å²) in [5, 5.41) is 0. The molecule has 1 unspecified atom stereocenters. The van der Waals surface area contributed by atoms with Crippen LogP contribution in [0.5, 0.6) is 0 Å². The van der Waals surface area contributed by atoms with Crippen LogP contribution >= 0.6 is 0 Å². The van der Waals surface area contributed by atoms with Crippen molar-refractivity contribution in [2.24, 2.45) is 0 Å². The maximum Gasteiger partial charge on any atom is 0.426 e. The average molecular weight is 366 g/mol. The molecule has 0 saturated carbocycles. The van der Waals surface area contributed by atoms with E-state index in [4.69, 9.17) is 35.9 Å². The van der Waals surface area contributed by atoms with Crippen LogP contribution in [0, 0.1) is 0 Å². The SMILES string of the molecule is [B]Cc1c([B])cc(C(=O)OC(CS(=O)(=O)O)C(F)(F)F)c(C[B])c1[B]. The molecule has 0 amide bonds. The maximum absolute atomic E-state index is 12.8. The van der Waals surface area contributed by atoms with Crippen molar-refractivity contribution in [1.82, 2.24) is 0 Å². The number of esters is 1. The zero-order chi connectivity index (χ0) is 19.6. The van der Waals surface area contributed by atoms with E-state index < -0.39 is 39.7 Å². The van der Waals surface area contributed by atoms with Crippen molar-refractivity contribution in [1.29, 1.82) is 0 Å². The summed E-state index contributed by atoms with van der Waals surface area (Å²) >= 11 is 0. The minimum atomic E-state index is -5.23. The molecule has 0 aliphatic carbocycles. The number of halogens is 3. The first-order valence-electron chi connectivity index (χ1n) is 6.64. The molecule has 0 bridgehead atoms. The van der Waals surface area contributed by atoms with Crippen LogP contribution in [0.2, 0.25) is 0 Å². The highest BCUT2D eigenvalue weighted by atomic mass is 32.2. The number of hydrogen-bond acceptors (Lipinski definition) is 4. The van der Waals surface area contributed by atoms with E-state index in [0.717, 1.165) is 6.07 Å². The highest BCUT2D eigenvalue weighted by Crippen LogP contribution is 2.25. The Bertz CT molecular complexity index is 767. The van der Waals surface area contributed by atoms with E-state index in [-0.39, 0.29) is 34.7 Å². The molecule has 1 aromatic carbocycles. The fourth-order valence-electron chi connectivity index (χ4n) is 2.02. The molecule has 0 fully saturated rings. The third-order valence-corrected chi connectivity index (χ3v) is 3.95. The first-order valence-corrected chi connectivity index (χ1v) is 8.25. The normalized spacial score (nSPS) is 13.4. The van der Waals surface area contributed by atoms with Crippen LogP contribution in [-0.2, 0) is 27.5 Å². The number of carbonyl (C=O) groups is 1. The number of rotatable bonds is 6. The van der Waals surface area contributed by atoms with Crippen molar-refractivity contribution in [2.75, 3.05) is 5.75 Å². The van der Waals surface area contributed by atoms with Crippen LogP contribution < -0.4 is 10.9 Å². The average Bonchev–Trinajstić information content (AvgIpc) is 2.44. The summed E-state index contributed by atoms with van der Waals surface area (Å²) in [4.78, 5) is 12.1. The zero-order valence-corrected chi connectivity index (χ0v) is 13.5. The van der Waals surface area contributed by atoms with Gasteiger partial charge in [0.25, 0.3) is 10.1 Å². The van der Waals surface area contributed by atoms with Gasteiger partial charge in [0.1, 0.15) is 21.4 Å². The van der Waals surface area contributed by atoms with Crippen molar-refractivity contribution >= 4 is 58.4 Å². The molecule has 0 spiro atoms. The summed E-state index contributed by atoms with van der Waals surface area (Å²) in [6.45, 7) is 0. The van der Waals surface area contributed by atoms with Crippen LogP contribution in [0.15, 0.2) is 6.07 Å². The Balaban J connectivity index is 3.30. The highest BCUT2D eigenvalue weighted by Gasteiger charge is 2.45. The predicted octanol–water partition coefficient (Wildman–Crippen LogP) is -1.41. The number of ether oxygens (including phenoxy) is 1. The van der Waals surface area contributed by atoms with E-state index in [1.54, 1.807) is 0 Å². The fraction of sp³-hybridized carbons (Fsp3) is 0.417. The second-order valence-electron chi connectivity index (χ2n) is 4.98. The number of carbonyl (C=O) groups excluding carboxylic acids is 1. The first-order chi connectivity index (χ1) is 11.3. The Morgan fingerprint density at radius 3 is 2.12 bits per heavy atom. The molecule has 5 nitrogen and oxygen atoms in total. The Morgan fingerprint density at radius 1 is 1.20 bits per heavy atom. The van der Waals surface area contributed by atoms with Crippen LogP contribution in [0.25, 0.3) is 0 Å². The number of alkyl halides is 3. The summed E-state index contributed by atoms with van der Waals surface area (Å²) < 4.78 is 72.8. The minimum absolute atomic E-state index is 0.0487. The van der Waals surface area contributed by atoms with Crippen LogP contribution in [-0.4, -0.2) is 68.4 Å². The number of benzene rings is 1. The molecule has 8 radical (unpaired) electrons. The fourth-order valence-corrected chi connectivity index (χ4v) is 2.66. The van der Waals surface area contributed by atoms with Gasteiger partial charge in [0.15, 0.2) is 0 Å². The Labute approximate surface area is 148 Å². The lowest BCUT2D eigenvalue weighted by molar-refractivity contribution is -0.197. The van der Waals surface area contributed by atoms with E-state index in [0.29, 0.717) is 0 Å². The second kappa shape index (κ2) is 7.90. The molecule has 0 aromatic heterocycles. The quantitative estimate of drug-likeness (QED) is 0.380. The maximum atomic E-state index is 12.8. The van der Waals surface area contributed by atoms with Gasteiger partial charge in [-0.3, -0.25) is 4.55 Å². The van der Waals surface area contributed by atoms with E-state index >= 15 is 0 Å². The monoisotopic (exact) mass is 366 g/mol. The van der Waals surface area contributed by atoms with E-state index in [2.05, 4.69) is 4.74 Å². The van der Waals surface area contributed by atoms with Crippen molar-refractivity contribution in [2.45, 2.75) is 24.9 Å². The molecule has 0 saturated heterocycles. The standard InChI is InChI=1S/C12H9B4F3O5S/c13-2-6-5(1-8(15)7(3-14)10(6)16)11(20)24-9(12(17,18)19)4-25(21,22)23/h1,9H,2-4H2,(H,21,22,23). The molecule has 0 heterocycles. The molecular formula is C12H9B4F3O5S. The van der Waals surface area contributed by atoms with Crippen LogP contribution in [0.4, 0.5) is 13.2 Å². The van der Waals surface area contributed by atoms with Crippen LogP contribution in [0.1, 0.15) is 21.5 Å². The number of hydrogen-bond donors (Lipinski definition) is 1. The Kier molecular flexibility index (Phi) is 6.86. The molecular weight excluding hydrogens is 356 g/mol. The van der Waals surface area contributed by atoms with Crippen molar-refractivity contribution in [3.05, 3.63) is 22.8 Å². The molecule has 0 aliphatic rings. The zero-order valence-electron chi connectivity index (χ0n) is 12.7. The lowest BCUT2D eigenvalue weighted by atomic mass is 9.70. The molecule has 25 heavy (non-hydrogen) atoms. The lowest BCUT2D eigenvalue weighted by Crippen LogP contribution is -2.40. The third-order valence-electron chi connectivity index (χ3n) is 3.23. The Morgan fingerprint density at radius 2 is 1.72 bits per heavy atom. The van der Waals surface area contributed by atoms with Crippen molar-refractivity contribution in [3.63, 3.8) is 0 Å². The summed E-state index contributed by atoms with van der Waals surface area (Å²) in [7, 11) is 17.2. The van der Waals surface area contributed by atoms with Gasteiger partial charge >= 0.3 is 12.1 Å². The molecule has 1 atom stereocenters. The van der Waals surface area contributed by atoms with Gasteiger partial charge in [-0.2, -0.15) is 21.6 Å². The molecule has 0 aliphatic heterocycles. The van der Waals surface area contributed by atoms with Gasteiger partial charge in [-0.05, 0) is 5.56 Å². The molecule has 1 aromatic rings. The van der Waals surface area contributed by atoms with Crippen LogP contribution in [0.3, 0.4) is 0 Å². The topological polar surface area (TPSA) is 80.7 Å². The second-order valence-corrected chi connectivity index (χ2v) is 6.47. The summed E-state index contributed by atoms with van der Waals surface area (Å²) in [5.41, 5.74) is -0.396. The van der Waals surface area contributed by atoms with E-state index in [1.165, 1.54) is 0 Å². The van der Waals surface area contributed by atoms with Gasteiger partial charge in [-0.1, -0.05) is 35.2 Å². The van der Waals surface area contributed by atoms with Gasteiger partial charge < -0.3 is 4.74 Å². The van der Waals surface area contributed by atoms with Gasteiger partial charge in [-0.15, -0.1) is 0 Å². The Hall–Kier alpha value is -1.35. The summed E-state index contributed by atoms with van der Waals surface area (Å²) in [5.74, 6) is -3.40. The highest BCUT2D eigenvalue weighted by molar-refractivity contribution is 7.85.